The molecule has 0 aliphatic carbocycles. The summed E-state index contributed by atoms with van der Waals surface area (Å²) >= 11 is 0. The average Bonchev–Trinajstić information content (AvgIpc) is 2.64. The average molecular weight is 235 g/mol. The molecule has 1 aliphatic rings. The van der Waals surface area contributed by atoms with E-state index < -0.39 is 18.0 Å². The molecule has 1 fully saturated rings. The summed E-state index contributed by atoms with van der Waals surface area (Å²) in [6.45, 7) is 2.07. The van der Waals surface area contributed by atoms with Gasteiger partial charge in [0.15, 0.2) is 0 Å². The van der Waals surface area contributed by atoms with Crippen LogP contribution in [0.4, 0.5) is 5.69 Å². The van der Waals surface area contributed by atoms with Gasteiger partial charge in [0.05, 0.1) is 12.2 Å². The zero-order valence-electron chi connectivity index (χ0n) is 9.43. The Bertz CT molecular complexity index is 470. The van der Waals surface area contributed by atoms with Gasteiger partial charge in [0.25, 0.3) is 0 Å². The van der Waals surface area contributed by atoms with Gasteiger partial charge in [0.2, 0.25) is 6.10 Å². The number of anilines is 1. The number of benzene rings is 1. The first-order chi connectivity index (χ1) is 8.08. The van der Waals surface area contributed by atoms with Crippen molar-refractivity contribution in [1.29, 1.82) is 0 Å². The summed E-state index contributed by atoms with van der Waals surface area (Å²) < 4.78 is 9.79. The number of carbonyl (C=O) groups excluding carboxylic acids is 2. The highest BCUT2D eigenvalue weighted by atomic mass is 16.6. The van der Waals surface area contributed by atoms with E-state index in [9.17, 15) is 9.59 Å². The van der Waals surface area contributed by atoms with Crippen LogP contribution in [0, 0.1) is 6.92 Å². The molecular weight excluding hydrogens is 222 g/mol. The van der Waals surface area contributed by atoms with Crippen LogP contribution < -0.4 is 5.73 Å². The van der Waals surface area contributed by atoms with Crippen molar-refractivity contribution in [3.63, 3.8) is 0 Å². The fourth-order valence-electron chi connectivity index (χ4n) is 1.69. The van der Waals surface area contributed by atoms with E-state index in [0.29, 0.717) is 24.3 Å². The lowest BCUT2D eigenvalue weighted by atomic mass is 10.1. The number of rotatable bonds is 2. The number of nitrogens with two attached hydrogens (primary N) is 1. The van der Waals surface area contributed by atoms with Crippen LogP contribution in [-0.4, -0.2) is 24.6 Å². The Morgan fingerprint density at radius 2 is 2.29 bits per heavy atom. The summed E-state index contributed by atoms with van der Waals surface area (Å²) in [5.74, 6) is -1.00. The second-order valence-corrected chi connectivity index (χ2v) is 3.92. The van der Waals surface area contributed by atoms with Gasteiger partial charge in [-0.2, -0.15) is 0 Å². The van der Waals surface area contributed by atoms with Crippen LogP contribution in [0.3, 0.4) is 0 Å². The second-order valence-electron chi connectivity index (χ2n) is 3.92. The maximum Gasteiger partial charge on any atom is 0.347 e. The number of cyclic esters (lactones) is 1. The summed E-state index contributed by atoms with van der Waals surface area (Å²) in [5, 5.41) is 0. The van der Waals surface area contributed by atoms with E-state index in [1.807, 2.05) is 0 Å². The number of carbonyl (C=O) groups is 2. The molecule has 0 aromatic heterocycles. The van der Waals surface area contributed by atoms with Gasteiger partial charge in [-0.1, -0.05) is 0 Å². The zero-order chi connectivity index (χ0) is 12.4. The van der Waals surface area contributed by atoms with Gasteiger partial charge >= 0.3 is 11.9 Å². The molecule has 1 aliphatic heterocycles. The molecule has 90 valence electrons. The van der Waals surface area contributed by atoms with Crippen LogP contribution in [0.15, 0.2) is 18.2 Å². The molecule has 0 saturated carbocycles. The van der Waals surface area contributed by atoms with Crippen LogP contribution in [0.25, 0.3) is 0 Å². The van der Waals surface area contributed by atoms with Crippen LogP contribution in [-0.2, 0) is 14.3 Å². The van der Waals surface area contributed by atoms with Crippen LogP contribution in [0.1, 0.15) is 22.3 Å². The Hall–Kier alpha value is -2.04. The third-order valence-electron chi connectivity index (χ3n) is 2.61. The number of nitrogen functional groups attached to an aromatic ring is 1. The first-order valence-corrected chi connectivity index (χ1v) is 5.31. The third-order valence-corrected chi connectivity index (χ3v) is 2.61. The SMILES string of the molecule is Cc1cc(N)ccc1C(=O)OC1CCOC1=O. The predicted molar refractivity (Wildman–Crippen MR) is 60.4 cm³/mol. The lowest BCUT2D eigenvalue weighted by Crippen LogP contribution is -2.23. The van der Waals surface area contributed by atoms with E-state index in [1.54, 1.807) is 25.1 Å². The number of hydrogen-bond donors (Lipinski definition) is 1. The number of esters is 2. The molecule has 5 heteroatoms. The minimum atomic E-state index is -0.778. The highest BCUT2D eigenvalue weighted by Gasteiger charge is 2.30. The van der Waals surface area contributed by atoms with Crippen molar-refractivity contribution in [2.45, 2.75) is 19.4 Å². The van der Waals surface area contributed by atoms with Crippen LogP contribution in [0.5, 0.6) is 0 Å². The Kier molecular flexibility index (Phi) is 2.99. The molecule has 1 aromatic rings. The summed E-state index contributed by atoms with van der Waals surface area (Å²) in [7, 11) is 0. The minimum absolute atomic E-state index is 0.303. The van der Waals surface area contributed by atoms with Crippen molar-refractivity contribution in [1.82, 2.24) is 0 Å². The number of hydrogen-bond acceptors (Lipinski definition) is 5. The maximum absolute atomic E-state index is 11.8. The van der Waals surface area contributed by atoms with Crippen molar-refractivity contribution in [2.75, 3.05) is 12.3 Å². The third kappa shape index (κ3) is 2.38. The first kappa shape index (κ1) is 11.4. The van der Waals surface area contributed by atoms with Crippen molar-refractivity contribution < 1.29 is 19.1 Å². The lowest BCUT2D eigenvalue weighted by Gasteiger charge is -2.10. The number of aryl methyl sites for hydroxylation is 1. The quantitative estimate of drug-likeness (QED) is 0.612. The van der Waals surface area contributed by atoms with Gasteiger partial charge in [-0.3, -0.25) is 0 Å². The molecule has 1 aromatic carbocycles. The Morgan fingerprint density at radius 3 is 2.88 bits per heavy atom. The summed E-state index contributed by atoms with van der Waals surface area (Å²) in [5.41, 5.74) is 7.31. The normalized spacial score (nSPS) is 18.9. The van der Waals surface area contributed by atoms with E-state index >= 15 is 0 Å². The van der Waals surface area contributed by atoms with Crippen molar-refractivity contribution in [2.24, 2.45) is 0 Å². The first-order valence-electron chi connectivity index (χ1n) is 5.31. The monoisotopic (exact) mass is 235 g/mol. The van der Waals surface area contributed by atoms with E-state index in [0.717, 1.165) is 5.56 Å². The van der Waals surface area contributed by atoms with Gasteiger partial charge in [-0.05, 0) is 30.7 Å². The highest BCUT2D eigenvalue weighted by Crippen LogP contribution is 2.17. The Labute approximate surface area is 98.5 Å². The van der Waals surface area contributed by atoms with E-state index in [1.165, 1.54) is 0 Å². The second kappa shape index (κ2) is 4.45. The number of ether oxygens (including phenoxy) is 2. The summed E-state index contributed by atoms with van der Waals surface area (Å²) in [4.78, 5) is 23.0. The molecule has 0 amide bonds. The molecule has 17 heavy (non-hydrogen) atoms. The fraction of sp³-hybridized carbons (Fsp3) is 0.333. The molecule has 5 nitrogen and oxygen atoms in total. The zero-order valence-corrected chi connectivity index (χ0v) is 9.43. The van der Waals surface area contributed by atoms with Crippen molar-refractivity contribution >= 4 is 17.6 Å². The Morgan fingerprint density at radius 1 is 1.53 bits per heavy atom. The van der Waals surface area contributed by atoms with Gasteiger partial charge < -0.3 is 15.2 Å². The topological polar surface area (TPSA) is 78.6 Å². The molecule has 1 unspecified atom stereocenters. The van der Waals surface area contributed by atoms with E-state index in [4.69, 9.17) is 15.2 Å². The van der Waals surface area contributed by atoms with Gasteiger partial charge in [0.1, 0.15) is 0 Å². The Balaban J connectivity index is 2.11. The molecule has 1 saturated heterocycles. The molecule has 2 rings (SSSR count). The molecule has 1 atom stereocenters. The standard InChI is InChI=1S/C12H13NO4/c1-7-6-8(13)2-3-9(7)11(14)17-10-4-5-16-12(10)15/h2-3,6,10H,4-5,13H2,1H3. The molecule has 0 bridgehead atoms. The summed E-state index contributed by atoms with van der Waals surface area (Å²) in [6.07, 6.45) is -0.363. The maximum atomic E-state index is 11.8. The van der Waals surface area contributed by atoms with Crippen molar-refractivity contribution in [3.05, 3.63) is 29.3 Å². The van der Waals surface area contributed by atoms with Gasteiger partial charge in [-0.25, -0.2) is 9.59 Å². The lowest BCUT2D eigenvalue weighted by molar-refractivity contribution is -0.145. The van der Waals surface area contributed by atoms with E-state index in [2.05, 4.69) is 0 Å². The molecular formula is C12H13NO4. The minimum Gasteiger partial charge on any atom is -0.463 e. The smallest absolute Gasteiger partial charge is 0.347 e. The van der Waals surface area contributed by atoms with E-state index in [-0.39, 0.29) is 0 Å². The molecule has 1 heterocycles. The fourth-order valence-corrected chi connectivity index (χ4v) is 1.69. The molecule has 0 spiro atoms. The highest BCUT2D eigenvalue weighted by molar-refractivity contribution is 5.93. The largest absolute Gasteiger partial charge is 0.463 e. The molecule has 0 radical (unpaired) electrons. The van der Waals surface area contributed by atoms with Crippen LogP contribution >= 0.6 is 0 Å². The van der Waals surface area contributed by atoms with Crippen LogP contribution in [0.2, 0.25) is 0 Å². The summed E-state index contributed by atoms with van der Waals surface area (Å²) in [6, 6.07) is 4.90. The molecule has 2 N–H and O–H groups in total. The van der Waals surface area contributed by atoms with Crippen molar-refractivity contribution in [3.8, 4) is 0 Å². The van der Waals surface area contributed by atoms with Gasteiger partial charge in [-0.15, -0.1) is 0 Å². The van der Waals surface area contributed by atoms with Gasteiger partial charge in [0, 0.05) is 12.1 Å². The predicted octanol–water partition coefficient (Wildman–Crippen LogP) is 1.05.